The van der Waals surface area contributed by atoms with Crippen molar-refractivity contribution in [1.82, 2.24) is 4.90 Å². The lowest BCUT2D eigenvalue weighted by Crippen LogP contribution is -2.17. The molecule has 0 saturated carbocycles. The van der Waals surface area contributed by atoms with Crippen molar-refractivity contribution in [2.24, 2.45) is 5.73 Å². The molecule has 4 nitrogen and oxygen atoms in total. The van der Waals surface area contributed by atoms with Crippen LogP contribution >= 0.6 is 24.4 Å². The fourth-order valence-electron chi connectivity index (χ4n) is 0.714. The lowest BCUT2D eigenvalue weighted by Gasteiger charge is -2.03. The van der Waals surface area contributed by atoms with Crippen molar-refractivity contribution < 1.29 is 10.2 Å². The van der Waals surface area contributed by atoms with Crippen molar-refractivity contribution in [3.05, 3.63) is 35.9 Å². The van der Waals surface area contributed by atoms with E-state index in [-0.39, 0.29) is 5.17 Å². The van der Waals surface area contributed by atoms with Gasteiger partial charge in [0.05, 0.1) is 0 Å². The van der Waals surface area contributed by atoms with E-state index in [0.717, 1.165) is 6.42 Å². The van der Waals surface area contributed by atoms with E-state index in [9.17, 15) is 0 Å². The third-order valence-electron chi connectivity index (χ3n) is 1.63. The molecule has 1 rings (SSSR count). The Morgan fingerprint density at radius 2 is 1.50 bits per heavy atom. The van der Waals surface area contributed by atoms with Gasteiger partial charge in [-0.2, -0.15) is 0 Å². The first-order valence-corrected chi connectivity index (χ1v) is 6.05. The molecule has 0 aliphatic rings. The minimum Gasteiger partial charge on any atom is -0.487 e. The second kappa shape index (κ2) is 12.1. The number of nitrogens with zero attached hydrogens (tertiary/aromatic N) is 1. The number of thiocarbonyl (C=S) groups is 2. The molecule has 102 valence electrons. The maximum atomic E-state index is 8.29. The number of benzene rings is 1. The fraction of sp³-hybridized carbons (Fsp3) is 0.333. The van der Waals surface area contributed by atoms with Gasteiger partial charge in [-0.15, -0.1) is 0 Å². The summed E-state index contributed by atoms with van der Waals surface area (Å²) in [7, 11) is 3.37. The summed E-state index contributed by atoms with van der Waals surface area (Å²) in [6.07, 6.45) is 1.14. The number of aliphatic hydroxyl groups is 2. The number of aryl methyl sites for hydroxylation is 1. The fourth-order valence-corrected chi connectivity index (χ4v) is 0.714. The first-order chi connectivity index (χ1) is 8.31. The molecule has 0 bridgehead atoms. The average molecular weight is 288 g/mol. The predicted octanol–water partition coefficient (Wildman–Crippen LogP) is 2.43. The highest BCUT2D eigenvalue weighted by Gasteiger charge is 1.86. The van der Waals surface area contributed by atoms with Crippen LogP contribution in [0.15, 0.2) is 30.3 Å². The molecule has 0 fully saturated rings. The van der Waals surface area contributed by atoms with Crippen LogP contribution in [0.25, 0.3) is 0 Å². The van der Waals surface area contributed by atoms with E-state index >= 15 is 0 Å². The van der Waals surface area contributed by atoms with Gasteiger partial charge in [0.2, 0.25) is 0 Å². The Hall–Kier alpha value is -1.40. The first kappa shape index (κ1) is 19.0. The molecule has 0 aliphatic heterocycles. The van der Waals surface area contributed by atoms with E-state index in [4.69, 9.17) is 10.2 Å². The Morgan fingerprint density at radius 1 is 1.17 bits per heavy atom. The predicted molar refractivity (Wildman–Crippen MR) is 84.1 cm³/mol. The summed E-state index contributed by atoms with van der Waals surface area (Å²) in [5, 5.41) is 15.3. The largest absolute Gasteiger partial charge is 0.487 e. The smallest absolute Gasteiger partial charge is 0.256 e. The van der Waals surface area contributed by atoms with Crippen molar-refractivity contribution in [3.8, 4) is 0 Å². The van der Waals surface area contributed by atoms with Gasteiger partial charge in [0.1, 0.15) is 0 Å². The lowest BCUT2D eigenvalue weighted by atomic mass is 10.2. The monoisotopic (exact) mass is 288 g/mol. The van der Waals surface area contributed by atoms with Crippen molar-refractivity contribution in [3.63, 3.8) is 0 Å². The molecular weight excluding hydrogens is 268 g/mol. The van der Waals surface area contributed by atoms with E-state index in [1.807, 2.05) is 6.07 Å². The van der Waals surface area contributed by atoms with E-state index in [1.54, 1.807) is 14.1 Å². The van der Waals surface area contributed by atoms with Crippen molar-refractivity contribution in [1.29, 1.82) is 0 Å². The minimum atomic E-state index is -0.500. The summed E-state index contributed by atoms with van der Waals surface area (Å²) >= 11 is 8.17. The molecule has 1 aromatic carbocycles. The van der Waals surface area contributed by atoms with Crippen LogP contribution in [0.3, 0.4) is 0 Å². The number of hydrogen-bond acceptors (Lipinski definition) is 2. The van der Waals surface area contributed by atoms with Crippen LogP contribution < -0.4 is 5.73 Å². The molecule has 0 atom stereocenters. The summed E-state index contributed by atoms with van der Waals surface area (Å²) < 4.78 is 0. The lowest BCUT2D eigenvalue weighted by molar-refractivity contribution is 0.442. The Balaban J connectivity index is 0. The third kappa shape index (κ3) is 17.0. The zero-order valence-electron chi connectivity index (χ0n) is 10.8. The van der Waals surface area contributed by atoms with Crippen LogP contribution in [-0.2, 0) is 6.42 Å². The molecule has 0 amide bonds. The standard InChI is InChI=1S/C8H10.C3H7NOS.CH3NOS/c1-2-8-6-4-3-5-7-8;1-4(2)3(5)6;2-1(3)4/h3-7H,2H2,1H3;1-2H3,(H,5,6);(H3,2,3,4). The number of hydrogen-bond donors (Lipinski definition) is 3. The summed E-state index contributed by atoms with van der Waals surface area (Å²) in [6.45, 7) is 2.16. The van der Waals surface area contributed by atoms with Crippen LogP contribution in [0, 0.1) is 0 Å². The second-order valence-electron chi connectivity index (χ2n) is 3.35. The first-order valence-electron chi connectivity index (χ1n) is 5.23. The van der Waals surface area contributed by atoms with Gasteiger partial charge in [-0.1, -0.05) is 37.3 Å². The number of aliphatic hydroxyl groups excluding tert-OH is 2. The van der Waals surface area contributed by atoms with Crippen molar-refractivity contribution >= 4 is 34.8 Å². The molecule has 0 radical (unpaired) electrons. The van der Waals surface area contributed by atoms with Gasteiger partial charge in [0.25, 0.3) is 10.3 Å². The normalized spacial score (nSPS) is 7.94. The molecule has 0 aliphatic carbocycles. The average Bonchev–Trinajstić information content (AvgIpc) is 2.30. The van der Waals surface area contributed by atoms with Crippen LogP contribution in [0.2, 0.25) is 0 Å². The van der Waals surface area contributed by atoms with Crippen LogP contribution in [0.1, 0.15) is 12.5 Å². The summed E-state index contributed by atoms with van der Waals surface area (Å²) in [4.78, 5) is 1.45. The molecule has 0 heterocycles. The van der Waals surface area contributed by atoms with Gasteiger partial charge in [-0.25, -0.2) is 0 Å². The Labute approximate surface area is 119 Å². The minimum absolute atomic E-state index is 0.0741. The summed E-state index contributed by atoms with van der Waals surface area (Å²) in [5.74, 6) is 0. The van der Waals surface area contributed by atoms with E-state index < -0.39 is 5.17 Å². The number of rotatable bonds is 1. The molecule has 0 unspecified atom stereocenters. The highest BCUT2D eigenvalue weighted by Crippen LogP contribution is 1.96. The van der Waals surface area contributed by atoms with Gasteiger partial charge in [0, 0.05) is 14.1 Å². The summed E-state index contributed by atoms with van der Waals surface area (Å²) in [5.41, 5.74) is 5.81. The molecule has 1 aromatic rings. The van der Waals surface area contributed by atoms with Crippen molar-refractivity contribution in [2.75, 3.05) is 14.1 Å². The maximum Gasteiger partial charge on any atom is 0.256 e. The van der Waals surface area contributed by atoms with Gasteiger partial charge in [0.15, 0.2) is 0 Å². The molecule has 0 spiro atoms. The molecule has 4 N–H and O–H groups in total. The Kier molecular flexibility index (Phi) is 12.7. The highest BCUT2D eigenvalue weighted by molar-refractivity contribution is 7.80. The van der Waals surface area contributed by atoms with Crippen molar-refractivity contribution in [2.45, 2.75) is 13.3 Å². The SMILES string of the molecule is CCc1ccccc1.CN(C)C(O)=S.NC(O)=S. The van der Waals surface area contributed by atoms with Gasteiger partial charge in [-0.3, -0.25) is 0 Å². The highest BCUT2D eigenvalue weighted by atomic mass is 32.1. The quantitative estimate of drug-likeness (QED) is 0.690. The maximum absolute atomic E-state index is 8.29. The zero-order valence-corrected chi connectivity index (χ0v) is 12.5. The van der Waals surface area contributed by atoms with Gasteiger partial charge in [-0.05, 0) is 36.4 Å². The molecular formula is C12H20N2O2S2. The molecule has 6 heteroatoms. The second-order valence-corrected chi connectivity index (χ2v) is 4.14. The van der Waals surface area contributed by atoms with E-state index in [1.165, 1.54) is 10.5 Å². The summed E-state index contributed by atoms with van der Waals surface area (Å²) in [6, 6.07) is 10.5. The molecule has 0 saturated heterocycles. The van der Waals surface area contributed by atoms with Crippen LogP contribution in [0.5, 0.6) is 0 Å². The Morgan fingerprint density at radius 3 is 1.67 bits per heavy atom. The molecule has 18 heavy (non-hydrogen) atoms. The van der Waals surface area contributed by atoms with E-state index in [0.29, 0.717) is 0 Å². The third-order valence-corrected chi connectivity index (χ3v) is 2.00. The van der Waals surface area contributed by atoms with Crippen LogP contribution in [0.4, 0.5) is 0 Å². The Bertz CT molecular complexity index is 339. The zero-order chi connectivity index (χ0) is 14.6. The van der Waals surface area contributed by atoms with E-state index in [2.05, 4.69) is 61.4 Å². The number of nitrogens with two attached hydrogens (primary N) is 1. The van der Waals surface area contributed by atoms with Gasteiger partial charge < -0.3 is 20.8 Å². The molecule has 0 aromatic heterocycles. The van der Waals surface area contributed by atoms with Gasteiger partial charge >= 0.3 is 0 Å². The van der Waals surface area contributed by atoms with Crippen LogP contribution in [-0.4, -0.2) is 39.6 Å². The topological polar surface area (TPSA) is 69.7 Å².